The fraction of sp³-hybridized carbons (Fsp3) is 0.304. The SMILES string of the molecule is COC(=O)c1c(C=C2CCN(C(=O)c3ccccc3)CC2)cc(OC)cc1OC. The van der Waals surface area contributed by atoms with Gasteiger partial charge in [-0.2, -0.15) is 0 Å². The highest BCUT2D eigenvalue weighted by Gasteiger charge is 2.22. The van der Waals surface area contributed by atoms with Crippen LogP contribution in [0.1, 0.15) is 39.1 Å². The van der Waals surface area contributed by atoms with E-state index in [1.165, 1.54) is 14.2 Å². The number of rotatable bonds is 5. The average Bonchev–Trinajstić information content (AvgIpc) is 2.78. The minimum absolute atomic E-state index is 0.0444. The van der Waals surface area contributed by atoms with Gasteiger partial charge in [-0.3, -0.25) is 4.79 Å². The molecule has 0 atom stereocenters. The summed E-state index contributed by atoms with van der Waals surface area (Å²) in [5.74, 6) is 0.578. The lowest BCUT2D eigenvalue weighted by molar-refractivity contribution is 0.0596. The highest BCUT2D eigenvalue weighted by atomic mass is 16.5. The van der Waals surface area contributed by atoms with Gasteiger partial charge in [0.2, 0.25) is 0 Å². The van der Waals surface area contributed by atoms with Gasteiger partial charge in [-0.25, -0.2) is 4.79 Å². The van der Waals surface area contributed by atoms with Crippen LogP contribution in [0.25, 0.3) is 6.08 Å². The Hall–Kier alpha value is -3.28. The first-order chi connectivity index (χ1) is 14.1. The Kier molecular flexibility index (Phi) is 6.54. The molecule has 1 amide bonds. The number of carbonyl (C=O) groups is 2. The number of esters is 1. The van der Waals surface area contributed by atoms with Crippen LogP contribution in [0.2, 0.25) is 0 Å². The van der Waals surface area contributed by atoms with Crippen LogP contribution < -0.4 is 9.47 Å². The molecule has 0 bridgehead atoms. The molecule has 1 aliphatic rings. The van der Waals surface area contributed by atoms with E-state index in [-0.39, 0.29) is 5.91 Å². The Labute approximate surface area is 170 Å². The molecular weight excluding hydrogens is 370 g/mol. The molecule has 0 aromatic heterocycles. The third-order valence-corrected chi connectivity index (χ3v) is 5.02. The topological polar surface area (TPSA) is 65.1 Å². The molecule has 0 unspecified atom stereocenters. The minimum Gasteiger partial charge on any atom is -0.497 e. The predicted octanol–water partition coefficient (Wildman–Crippen LogP) is 3.81. The van der Waals surface area contributed by atoms with Crippen molar-refractivity contribution in [3.63, 3.8) is 0 Å². The van der Waals surface area contributed by atoms with E-state index in [0.717, 1.165) is 18.4 Å². The number of nitrogens with zero attached hydrogens (tertiary/aromatic N) is 1. The second-order valence-electron chi connectivity index (χ2n) is 6.75. The van der Waals surface area contributed by atoms with Crippen molar-refractivity contribution in [3.8, 4) is 11.5 Å². The molecule has 29 heavy (non-hydrogen) atoms. The van der Waals surface area contributed by atoms with Crippen molar-refractivity contribution in [2.24, 2.45) is 0 Å². The van der Waals surface area contributed by atoms with Crippen LogP contribution in [0.15, 0.2) is 48.0 Å². The van der Waals surface area contributed by atoms with Crippen molar-refractivity contribution in [2.45, 2.75) is 12.8 Å². The maximum absolute atomic E-state index is 12.6. The Morgan fingerprint density at radius 1 is 0.966 bits per heavy atom. The summed E-state index contributed by atoms with van der Waals surface area (Å²) < 4.78 is 15.7. The number of ether oxygens (including phenoxy) is 3. The molecule has 0 N–H and O–H groups in total. The number of hydrogen-bond donors (Lipinski definition) is 0. The average molecular weight is 395 g/mol. The van der Waals surface area contributed by atoms with E-state index in [0.29, 0.717) is 41.3 Å². The lowest BCUT2D eigenvalue weighted by Crippen LogP contribution is -2.36. The number of benzene rings is 2. The highest BCUT2D eigenvalue weighted by molar-refractivity contribution is 5.97. The molecule has 1 aliphatic heterocycles. The first-order valence-electron chi connectivity index (χ1n) is 9.45. The first kappa shape index (κ1) is 20.5. The van der Waals surface area contributed by atoms with E-state index in [1.807, 2.05) is 41.3 Å². The summed E-state index contributed by atoms with van der Waals surface area (Å²) in [7, 11) is 4.42. The zero-order valence-corrected chi connectivity index (χ0v) is 16.9. The Balaban J connectivity index is 1.82. The summed E-state index contributed by atoms with van der Waals surface area (Å²) in [5, 5.41) is 0. The molecule has 1 fully saturated rings. The molecule has 2 aromatic carbocycles. The van der Waals surface area contributed by atoms with E-state index >= 15 is 0 Å². The number of hydrogen-bond acceptors (Lipinski definition) is 5. The van der Waals surface area contributed by atoms with E-state index < -0.39 is 5.97 Å². The van der Waals surface area contributed by atoms with E-state index in [2.05, 4.69) is 0 Å². The molecule has 6 heteroatoms. The van der Waals surface area contributed by atoms with E-state index in [4.69, 9.17) is 14.2 Å². The van der Waals surface area contributed by atoms with Crippen LogP contribution in [0.3, 0.4) is 0 Å². The predicted molar refractivity (Wildman–Crippen MR) is 110 cm³/mol. The monoisotopic (exact) mass is 395 g/mol. The summed E-state index contributed by atoms with van der Waals surface area (Å²) >= 11 is 0. The first-order valence-corrected chi connectivity index (χ1v) is 9.45. The smallest absolute Gasteiger partial charge is 0.342 e. The van der Waals surface area contributed by atoms with E-state index in [9.17, 15) is 9.59 Å². The fourth-order valence-corrected chi connectivity index (χ4v) is 3.45. The molecule has 0 saturated carbocycles. The van der Waals surface area contributed by atoms with Crippen LogP contribution in [-0.4, -0.2) is 51.2 Å². The molecule has 3 rings (SSSR count). The van der Waals surface area contributed by atoms with Gasteiger partial charge in [0.15, 0.2) is 0 Å². The van der Waals surface area contributed by atoms with Gasteiger partial charge in [0, 0.05) is 24.7 Å². The quantitative estimate of drug-likeness (QED) is 0.721. The van der Waals surface area contributed by atoms with Gasteiger partial charge in [-0.05, 0) is 36.6 Å². The number of likely N-dealkylation sites (tertiary alicyclic amines) is 1. The Morgan fingerprint density at radius 3 is 2.24 bits per heavy atom. The van der Waals surface area contributed by atoms with Gasteiger partial charge in [-0.1, -0.05) is 29.8 Å². The molecule has 2 aromatic rings. The van der Waals surface area contributed by atoms with Crippen LogP contribution >= 0.6 is 0 Å². The minimum atomic E-state index is -0.465. The second-order valence-corrected chi connectivity index (χ2v) is 6.75. The molecular formula is C23H25NO5. The zero-order chi connectivity index (χ0) is 20.8. The summed E-state index contributed by atoms with van der Waals surface area (Å²) in [4.78, 5) is 26.8. The van der Waals surface area contributed by atoms with Gasteiger partial charge >= 0.3 is 5.97 Å². The lowest BCUT2D eigenvalue weighted by Gasteiger charge is -2.28. The van der Waals surface area contributed by atoms with Crippen molar-refractivity contribution >= 4 is 18.0 Å². The Bertz CT molecular complexity index is 910. The van der Waals surface area contributed by atoms with Crippen molar-refractivity contribution in [2.75, 3.05) is 34.4 Å². The van der Waals surface area contributed by atoms with Crippen molar-refractivity contribution < 1.29 is 23.8 Å². The molecule has 6 nitrogen and oxygen atoms in total. The number of piperidine rings is 1. The zero-order valence-electron chi connectivity index (χ0n) is 16.9. The number of amides is 1. The summed E-state index contributed by atoms with van der Waals surface area (Å²) in [5.41, 5.74) is 2.91. The van der Waals surface area contributed by atoms with Gasteiger partial charge in [0.1, 0.15) is 17.1 Å². The second kappa shape index (κ2) is 9.28. The van der Waals surface area contributed by atoms with Gasteiger partial charge < -0.3 is 19.1 Å². The van der Waals surface area contributed by atoms with Crippen LogP contribution in [0, 0.1) is 0 Å². The normalized spacial score (nSPS) is 13.6. The number of carbonyl (C=O) groups excluding carboxylic acids is 2. The maximum atomic E-state index is 12.6. The molecule has 152 valence electrons. The molecule has 0 aliphatic carbocycles. The molecule has 0 spiro atoms. The van der Waals surface area contributed by atoms with Crippen LogP contribution in [0.5, 0.6) is 11.5 Å². The summed E-state index contributed by atoms with van der Waals surface area (Å²) in [6, 6.07) is 12.8. The van der Waals surface area contributed by atoms with Crippen molar-refractivity contribution in [1.82, 2.24) is 4.90 Å². The summed E-state index contributed by atoms with van der Waals surface area (Å²) in [6.45, 7) is 1.27. The molecule has 1 heterocycles. The summed E-state index contributed by atoms with van der Waals surface area (Å²) in [6.07, 6.45) is 3.44. The third-order valence-electron chi connectivity index (χ3n) is 5.02. The van der Waals surface area contributed by atoms with Gasteiger partial charge in [0.05, 0.1) is 21.3 Å². The maximum Gasteiger partial charge on any atom is 0.342 e. The lowest BCUT2D eigenvalue weighted by atomic mass is 9.97. The van der Waals surface area contributed by atoms with Gasteiger partial charge in [0.25, 0.3) is 5.91 Å². The van der Waals surface area contributed by atoms with Gasteiger partial charge in [-0.15, -0.1) is 0 Å². The van der Waals surface area contributed by atoms with E-state index in [1.54, 1.807) is 19.2 Å². The molecule has 1 saturated heterocycles. The Morgan fingerprint density at radius 2 is 1.66 bits per heavy atom. The highest BCUT2D eigenvalue weighted by Crippen LogP contribution is 2.32. The van der Waals surface area contributed by atoms with Crippen molar-refractivity contribution in [3.05, 3.63) is 64.7 Å². The molecule has 0 radical (unpaired) electrons. The fourth-order valence-electron chi connectivity index (χ4n) is 3.45. The van der Waals surface area contributed by atoms with Crippen LogP contribution in [-0.2, 0) is 4.74 Å². The van der Waals surface area contributed by atoms with Crippen molar-refractivity contribution in [1.29, 1.82) is 0 Å². The van der Waals surface area contributed by atoms with Crippen LogP contribution in [0.4, 0.5) is 0 Å². The standard InChI is InChI=1S/C23H25NO5/c1-27-19-14-18(21(23(26)29-3)20(15-19)28-2)13-16-9-11-24(12-10-16)22(25)17-7-5-4-6-8-17/h4-8,13-15H,9-12H2,1-3H3. The third kappa shape index (κ3) is 4.59. The largest absolute Gasteiger partial charge is 0.497 e. The number of methoxy groups -OCH3 is 3.